The van der Waals surface area contributed by atoms with E-state index in [0.717, 1.165) is 0 Å². The van der Waals surface area contributed by atoms with E-state index in [4.69, 9.17) is 12.2 Å². The fraction of sp³-hybridized carbons (Fsp3) is 0.200. The normalized spacial score (nSPS) is 16.8. The molecule has 1 heterocycles. The molecule has 0 aromatic rings. The van der Waals surface area contributed by atoms with Gasteiger partial charge in [-0.25, -0.2) is 0 Å². The second-order valence-corrected chi connectivity index (χ2v) is 2.26. The van der Waals surface area contributed by atoms with E-state index >= 15 is 0 Å². The Balaban J connectivity index is 2.77. The quantitative estimate of drug-likeness (QED) is 0.293. The highest BCUT2D eigenvalue weighted by Crippen LogP contribution is 1.95. The Bertz CT molecular complexity index is 244. The minimum Gasteiger partial charge on any atom is -0.358 e. The van der Waals surface area contributed by atoms with Gasteiger partial charge in [-0.1, -0.05) is 17.2 Å². The van der Waals surface area contributed by atoms with Crippen LogP contribution in [-0.4, -0.2) is 22.2 Å². The fourth-order valence-corrected chi connectivity index (χ4v) is 0.683. The summed E-state index contributed by atoms with van der Waals surface area (Å²) in [5, 5.41) is 10.0. The number of hydrogen-bond donors (Lipinski definition) is 0. The van der Waals surface area contributed by atoms with Gasteiger partial charge in [0, 0.05) is 6.08 Å². The van der Waals surface area contributed by atoms with Crippen molar-refractivity contribution in [3.05, 3.63) is 22.3 Å². The van der Waals surface area contributed by atoms with Crippen LogP contribution < -0.4 is 0 Å². The van der Waals surface area contributed by atoms with Crippen LogP contribution in [0.1, 0.15) is 0 Å². The molecule has 1 aliphatic rings. The number of amidine groups is 1. The molecule has 0 spiro atoms. The third-order valence-corrected chi connectivity index (χ3v) is 1.27. The van der Waals surface area contributed by atoms with Crippen molar-refractivity contribution in [1.82, 2.24) is 0 Å². The van der Waals surface area contributed by atoms with Crippen LogP contribution in [0.4, 0.5) is 0 Å². The predicted octanol–water partition coefficient (Wildman–Crippen LogP) is 0.601. The Hall–Kier alpha value is -1.10. The smallest absolute Gasteiger partial charge is 0.358 e. The maximum atomic E-state index is 10.0. The zero-order valence-corrected chi connectivity index (χ0v) is 5.80. The summed E-state index contributed by atoms with van der Waals surface area (Å²) in [6.07, 6.45) is 2.84. The second-order valence-electron chi connectivity index (χ2n) is 1.73. The highest BCUT2D eigenvalue weighted by atomic mass is 32.1. The molecule has 0 atom stereocenters. The summed E-state index contributed by atoms with van der Waals surface area (Å²) in [4.78, 5) is 13.7. The molecule has 52 valence electrons. The van der Waals surface area contributed by atoms with Gasteiger partial charge in [0.25, 0.3) is 0 Å². The van der Waals surface area contributed by atoms with E-state index in [9.17, 15) is 10.1 Å². The van der Waals surface area contributed by atoms with Crippen LogP contribution >= 0.6 is 12.2 Å². The van der Waals surface area contributed by atoms with E-state index in [2.05, 4.69) is 4.99 Å². The Labute approximate surface area is 62.4 Å². The first kappa shape index (κ1) is 7.01. The molecular weight excluding hydrogens is 152 g/mol. The molecule has 0 saturated heterocycles. The van der Waals surface area contributed by atoms with Crippen molar-refractivity contribution in [2.24, 2.45) is 4.99 Å². The summed E-state index contributed by atoms with van der Waals surface area (Å²) in [5.41, 5.74) is 0. The van der Waals surface area contributed by atoms with Gasteiger partial charge in [-0.05, 0) is 11.0 Å². The highest BCUT2D eigenvalue weighted by Gasteiger charge is 2.11. The van der Waals surface area contributed by atoms with Gasteiger partial charge in [-0.2, -0.15) is 0 Å². The first-order valence-corrected chi connectivity index (χ1v) is 3.01. The Morgan fingerprint density at radius 2 is 2.40 bits per heavy atom. The lowest BCUT2D eigenvalue weighted by Gasteiger charge is -1.96. The lowest BCUT2D eigenvalue weighted by Crippen LogP contribution is -2.15. The summed E-state index contributed by atoms with van der Waals surface area (Å²) in [5.74, 6) is -0.117. The molecule has 0 saturated carbocycles. The molecular formula is C5H4N2O2S. The fourth-order valence-electron chi connectivity index (χ4n) is 0.550. The number of nitro groups is 1. The van der Waals surface area contributed by atoms with Gasteiger partial charge >= 0.3 is 5.84 Å². The predicted molar refractivity (Wildman–Crippen MR) is 41.0 cm³/mol. The van der Waals surface area contributed by atoms with E-state index in [1.807, 2.05) is 0 Å². The zero-order valence-electron chi connectivity index (χ0n) is 4.98. The molecule has 0 radical (unpaired) electrons. The molecule has 4 nitrogen and oxygen atoms in total. The lowest BCUT2D eigenvalue weighted by atomic mass is 10.3. The van der Waals surface area contributed by atoms with Crippen molar-refractivity contribution in [2.75, 3.05) is 6.54 Å². The minimum atomic E-state index is -0.529. The SMILES string of the molecule is O=[N+]([O-])C1=NCC(=S)C=C1. The van der Waals surface area contributed by atoms with Gasteiger partial charge in [0.2, 0.25) is 0 Å². The van der Waals surface area contributed by atoms with Crippen LogP contribution in [-0.2, 0) is 0 Å². The van der Waals surface area contributed by atoms with Crippen LogP contribution in [0.3, 0.4) is 0 Å². The van der Waals surface area contributed by atoms with Crippen molar-refractivity contribution in [2.45, 2.75) is 0 Å². The van der Waals surface area contributed by atoms with E-state index in [1.165, 1.54) is 12.2 Å². The first-order valence-electron chi connectivity index (χ1n) is 2.60. The summed E-state index contributed by atoms with van der Waals surface area (Å²) >= 11 is 4.73. The Morgan fingerprint density at radius 3 is 2.80 bits per heavy atom. The zero-order chi connectivity index (χ0) is 7.56. The highest BCUT2D eigenvalue weighted by molar-refractivity contribution is 7.80. The summed E-state index contributed by atoms with van der Waals surface area (Å²) < 4.78 is 0. The van der Waals surface area contributed by atoms with Crippen molar-refractivity contribution in [3.63, 3.8) is 0 Å². The van der Waals surface area contributed by atoms with Crippen molar-refractivity contribution in [1.29, 1.82) is 0 Å². The van der Waals surface area contributed by atoms with Gasteiger partial charge < -0.3 is 10.1 Å². The van der Waals surface area contributed by atoms with Crippen LogP contribution in [0.15, 0.2) is 17.1 Å². The molecule has 0 fully saturated rings. The molecule has 0 unspecified atom stereocenters. The molecule has 1 rings (SSSR count). The molecule has 5 heteroatoms. The Kier molecular flexibility index (Phi) is 1.86. The van der Waals surface area contributed by atoms with Crippen LogP contribution in [0.5, 0.6) is 0 Å². The molecule has 0 aliphatic carbocycles. The second kappa shape index (κ2) is 2.66. The topological polar surface area (TPSA) is 55.5 Å². The number of aliphatic imine (C=N–C) groups is 1. The number of hydrogen-bond acceptors (Lipinski definition) is 4. The maximum absolute atomic E-state index is 10.0. The third-order valence-electron chi connectivity index (χ3n) is 1.00. The van der Waals surface area contributed by atoms with E-state index in [1.54, 1.807) is 0 Å². The van der Waals surface area contributed by atoms with E-state index in [0.29, 0.717) is 4.86 Å². The van der Waals surface area contributed by atoms with Gasteiger partial charge in [-0.15, -0.1) is 0 Å². The third kappa shape index (κ3) is 1.44. The van der Waals surface area contributed by atoms with Gasteiger partial charge in [-0.3, -0.25) is 0 Å². The van der Waals surface area contributed by atoms with Crippen LogP contribution in [0.25, 0.3) is 0 Å². The standard InChI is InChI=1S/C5H4N2O2S/c8-7(9)5-2-1-4(10)3-6-5/h1-2H,3H2. The molecule has 0 N–H and O–H groups in total. The average Bonchev–Trinajstić information content (AvgIpc) is 1.88. The number of dihydropyridines is 1. The van der Waals surface area contributed by atoms with Crippen LogP contribution in [0.2, 0.25) is 0 Å². The maximum Gasteiger partial charge on any atom is 0.358 e. The van der Waals surface area contributed by atoms with Gasteiger partial charge in [0.15, 0.2) is 6.54 Å². The number of rotatable bonds is 0. The molecule has 0 aromatic heterocycles. The Morgan fingerprint density at radius 1 is 1.70 bits per heavy atom. The van der Waals surface area contributed by atoms with Crippen LogP contribution in [0, 0.1) is 10.1 Å². The van der Waals surface area contributed by atoms with Gasteiger partial charge in [0.05, 0.1) is 4.86 Å². The summed E-state index contributed by atoms with van der Waals surface area (Å²) in [6, 6.07) is 0. The summed E-state index contributed by atoms with van der Waals surface area (Å²) in [7, 11) is 0. The average molecular weight is 156 g/mol. The van der Waals surface area contributed by atoms with Gasteiger partial charge in [0.1, 0.15) is 0 Å². The minimum absolute atomic E-state index is 0.117. The monoisotopic (exact) mass is 156 g/mol. The largest absolute Gasteiger partial charge is 0.358 e. The van der Waals surface area contributed by atoms with Crippen molar-refractivity contribution >= 4 is 22.9 Å². The van der Waals surface area contributed by atoms with E-state index < -0.39 is 4.92 Å². The lowest BCUT2D eigenvalue weighted by molar-refractivity contribution is -0.348. The summed E-state index contributed by atoms with van der Waals surface area (Å²) in [6.45, 7) is 0.266. The number of thiocarbonyl (C=S) groups is 1. The molecule has 0 amide bonds. The van der Waals surface area contributed by atoms with Crippen molar-refractivity contribution < 1.29 is 4.92 Å². The number of nitrogens with zero attached hydrogens (tertiary/aromatic N) is 2. The molecule has 10 heavy (non-hydrogen) atoms. The van der Waals surface area contributed by atoms with Crippen molar-refractivity contribution in [3.8, 4) is 0 Å². The molecule has 0 aromatic carbocycles. The molecule has 0 bridgehead atoms. The first-order chi connectivity index (χ1) is 4.70. The van der Waals surface area contributed by atoms with E-state index in [-0.39, 0.29) is 12.4 Å². The molecule has 1 aliphatic heterocycles.